The number of piperidine rings is 1. The maximum Gasteiger partial charge on any atom is 0.387 e. The van der Waals surface area contributed by atoms with Gasteiger partial charge in [-0.3, -0.25) is 4.79 Å². The predicted molar refractivity (Wildman–Crippen MR) is 123 cm³/mol. The molecule has 10 heteroatoms. The van der Waals surface area contributed by atoms with E-state index < -0.39 is 12.4 Å². The highest BCUT2D eigenvalue weighted by Crippen LogP contribution is 2.29. The quantitative estimate of drug-likeness (QED) is 0.401. The lowest BCUT2D eigenvalue weighted by atomic mass is 10.1. The van der Waals surface area contributed by atoms with E-state index in [4.69, 9.17) is 0 Å². The zero-order chi connectivity index (χ0) is 24.5. The minimum absolute atomic E-state index is 0.0857. The monoisotopic (exact) mass is 481 g/mol. The van der Waals surface area contributed by atoms with Crippen LogP contribution < -0.4 is 9.64 Å². The molecule has 35 heavy (non-hydrogen) atoms. The van der Waals surface area contributed by atoms with Gasteiger partial charge in [-0.2, -0.15) is 8.78 Å². The Bertz CT molecular complexity index is 1380. The van der Waals surface area contributed by atoms with Gasteiger partial charge in [0, 0.05) is 79.4 Å². The highest BCUT2D eigenvalue weighted by atomic mass is 19.3. The zero-order valence-electron chi connectivity index (χ0n) is 18.9. The molecule has 1 aliphatic rings. The summed E-state index contributed by atoms with van der Waals surface area (Å²) in [4.78, 5) is 26.6. The molecule has 0 N–H and O–H groups in total. The molecule has 1 fully saturated rings. The number of para-hydroxylation sites is 1. The maximum atomic E-state index is 15.0. The molecule has 1 saturated heterocycles. The van der Waals surface area contributed by atoms with Gasteiger partial charge in [0.05, 0.1) is 5.69 Å². The lowest BCUT2D eigenvalue weighted by molar-refractivity contribution is -0.119. The van der Waals surface area contributed by atoms with E-state index in [9.17, 15) is 13.6 Å². The number of aryl methyl sites for hydroxylation is 1. The number of anilines is 1. The highest BCUT2D eigenvalue weighted by Gasteiger charge is 2.20. The van der Waals surface area contributed by atoms with Crippen molar-refractivity contribution >= 4 is 17.4 Å². The Morgan fingerprint density at radius 2 is 1.83 bits per heavy atom. The summed E-state index contributed by atoms with van der Waals surface area (Å²) in [5.41, 5.74) is 3.12. The topological polar surface area (TPSA) is 72.6 Å². The van der Waals surface area contributed by atoms with Gasteiger partial charge in [0.1, 0.15) is 23.0 Å². The summed E-state index contributed by atoms with van der Waals surface area (Å²) < 4.78 is 47.1. The average molecular weight is 481 g/mol. The van der Waals surface area contributed by atoms with E-state index in [1.807, 2.05) is 4.90 Å². The van der Waals surface area contributed by atoms with E-state index >= 15 is 4.39 Å². The number of imidazole rings is 1. The predicted octanol–water partition coefficient (Wildman–Crippen LogP) is 4.60. The van der Waals surface area contributed by atoms with Crippen LogP contribution in [-0.2, 0) is 11.2 Å². The van der Waals surface area contributed by atoms with E-state index in [-0.39, 0.29) is 23.5 Å². The number of alkyl halides is 2. The van der Waals surface area contributed by atoms with Gasteiger partial charge in [0.25, 0.3) is 0 Å². The number of benzene rings is 1. The molecule has 0 radical (unpaired) electrons. The molecule has 0 aliphatic carbocycles. The van der Waals surface area contributed by atoms with Crippen molar-refractivity contribution in [1.29, 1.82) is 0 Å². The van der Waals surface area contributed by atoms with Crippen molar-refractivity contribution in [3.8, 4) is 16.9 Å². The van der Waals surface area contributed by atoms with Crippen molar-refractivity contribution in [3.63, 3.8) is 0 Å². The van der Waals surface area contributed by atoms with Gasteiger partial charge < -0.3 is 14.0 Å². The normalized spacial score (nSPS) is 14.2. The van der Waals surface area contributed by atoms with Crippen molar-refractivity contribution in [2.45, 2.75) is 32.8 Å². The van der Waals surface area contributed by atoms with Crippen LogP contribution in [0.15, 0.2) is 48.9 Å². The lowest BCUT2D eigenvalue weighted by Crippen LogP contribution is -2.34. The number of fused-ring (bicyclic) bond motifs is 1. The summed E-state index contributed by atoms with van der Waals surface area (Å²) in [5.74, 6) is 0.332. The van der Waals surface area contributed by atoms with Crippen molar-refractivity contribution in [2.24, 2.45) is 0 Å². The third-order valence-corrected chi connectivity index (χ3v) is 6.11. The van der Waals surface area contributed by atoms with Gasteiger partial charge in [-0.05, 0) is 13.0 Å². The summed E-state index contributed by atoms with van der Waals surface area (Å²) in [6.45, 7) is -0.0223. The number of ether oxygens (including phenoxy) is 1. The summed E-state index contributed by atoms with van der Waals surface area (Å²) in [5, 5.41) is 0. The molecule has 0 bridgehead atoms. The number of carbonyl (C=O) groups excluding carboxylic acids is 1. The number of hydrogen-bond donors (Lipinski definition) is 0. The van der Waals surface area contributed by atoms with Crippen LogP contribution in [0.5, 0.6) is 5.75 Å². The molecular formula is C25H22F3N5O2. The number of rotatable bonds is 6. The Balaban J connectivity index is 1.48. The van der Waals surface area contributed by atoms with Gasteiger partial charge in [0.2, 0.25) is 5.95 Å². The van der Waals surface area contributed by atoms with Crippen LogP contribution in [0.25, 0.3) is 16.8 Å². The van der Waals surface area contributed by atoms with Crippen molar-refractivity contribution in [2.75, 3.05) is 18.0 Å². The van der Waals surface area contributed by atoms with E-state index in [1.54, 1.807) is 48.1 Å². The number of ketones is 1. The van der Waals surface area contributed by atoms with Crippen LogP contribution in [0.3, 0.4) is 0 Å². The molecule has 3 aromatic heterocycles. The second-order valence-corrected chi connectivity index (χ2v) is 8.37. The van der Waals surface area contributed by atoms with Crippen LogP contribution >= 0.6 is 0 Å². The molecule has 0 spiro atoms. The van der Waals surface area contributed by atoms with Gasteiger partial charge in [0.15, 0.2) is 0 Å². The Morgan fingerprint density at radius 1 is 1.11 bits per heavy atom. The first-order chi connectivity index (χ1) is 16.9. The number of carbonyl (C=O) groups is 1. The van der Waals surface area contributed by atoms with Crippen LogP contribution in [-0.4, -0.2) is 44.8 Å². The molecule has 0 unspecified atom stereocenters. The lowest BCUT2D eigenvalue weighted by Gasteiger charge is -2.25. The first kappa shape index (κ1) is 22.8. The van der Waals surface area contributed by atoms with Crippen molar-refractivity contribution < 1.29 is 22.7 Å². The largest absolute Gasteiger partial charge is 0.435 e. The summed E-state index contributed by atoms with van der Waals surface area (Å²) in [6.07, 6.45) is 5.92. The molecule has 5 rings (SSSR count). The molecule has 0 atom stereocenters. The Kier molecular flexibility index (Phi) is 6.10. The molecule has 0 saturated carbocycles. The molecule has 7 nitrogen and oxygen atoms in total. The van der Waals surface area contributed by atoms with E-state index in [0.29, 0.717) is 54.3 Å². The Labute approximate surface area is 199 Å². The standard InChI is InChI=1S/C25H22F3N5O2/c1-15-21(10-16-4-2-3-5-22(16)35-24(27)28)33-14-19(20(26)11-23(33)31-15)17-12-29-25(30-13-17)32-8-6-18(34)7-9-32/h2-5,11-14,24H,6-10H2,1H3. The maximum absolute atomic E-state index is 15.0. The SMILES string of the molecule is Cc1nc2cc(F)c(-c3cnc(N4CCC(=O)CC4)nc3)cn2c1Cc1ccccc1OC(F)F. The molecule has 180 valence electrons. The molecule has 0 amide bonds. The first-order valence-corrected chi connectivity index (χ1v) is 11.2. The number of pyridine rings is 1. The number of Topliss-reactive ketones (excluding diaryl/α,β-unsaturated/α-hetero) is 1. The van der Waals surface area contributed by atoms with Crippen molar-refractivity contribution in [3.05, 3.63) is 71.7 Å². The summed E-state index contributed by atoms with van der Waals surface area (Å²) in [6, 6.07) is 7.90. The zero-order valence-corrected chi connectivity index (χ0v) is 18.9. The summed E-state index contributed by atoms with van der Waals surface area (Å²) >= 11 is 0. The van der Waals surface area contributed by atoms with E-state index in [1.165, 1.54) is 12.1 Å². The molecule has 1 aromatic carbocycles. The third kappa shape index (κ3) is 4.68. The van der Waals surface area contributed by atoms with Gasteiger partial charge in [-0.25, -0.2) is 19.3 Å². The minimum atomic E-state index is -2.94. The molecular weight excluding hydrogens is 459 g/mol. The Hall–Kier alpha value is -3.95. The molecule has 4 heterocycles. The average Bonchev–Trinajstić information content (AvgIpc) is 3.14. The van der Waals surface area contributed by atoms with E-state index in [0.717, 1.165) is 5.69 Å². The minimum Gasteiger partial charge on any atom is -0.435 e. The highest BCUT2D eigenvalue weighted by molar-refractivity contribution is 5.80. The van der Waals surface area contributed by atoms with Crippen LogP contribution in [0.4, 0.5) is 19.1 Å². The van der Waals surface area contributed by atoms with Crippen LogP contribution in [0, 0.1) is 12.7 Å². The van der Waals surface area contributed by atoms with Crippen LogP contribution in [0.2, 0.25) is 0 Å². The first-order valence-electron chi connectivity index (χ1n) is 11.2. The van der Waals surface area contributed by atoms with Gasteiger partial charge in [-0.1, -0.05) is 18.2 Å². The van der Waals surface area contributed by atoms with Crippen molar-refractivity contribution in [1.82, 2.24) is 19.4 Å². The molecule has 1 aliphatic heterocycles. The number of nitrogens with zero attached hydrogens (tertiary/aromatic N) is 5. The second kappa shape index (κ2) is 9.36. The number of hydrogen-bond acceptors (Lipinski definition) is 6. The fourth-order valence-electron chi connectivity index (χ4n) is 4.28. The second-order valence-electron chi connectivity index (χ2n) is 8.37. The fourth-order valence-corrected chi connectivity index (χ4v) is 4.28. The number of halogens is 3. The smallest absolute Gasteiger partial charge is 0.387 e. The van der Waals surface area contributed by atoms with Crippen LogP contribution in [0.1, 0.15) is 29.8 Å². The summed E-state index contributed by atoms with van der Waals surface area (Å²) in [7, 11) is 0. The van der Waals surface area contributed by atoms with E-state index in [2.05, 4.69) is 19.7 Å². The van der Waals surface area contributed by atoms with Gasteiger partial charge >= 0.3 is 6.61 Å². The molecule has 4 aromatic rings. The van der Waals surface area contributed by atoms with Gasteiger partial charge in [-0.15, -0.1) is 0 Å². The fraction of sp³-hybridized carbons (Fsp3) is 0.280. The third-order valence-electron chi connectivity index (χ3n) is 6.11. The Morgan fingerprint density at radius 3 is 2.54 bits per heavy atom. The number of aromatic nitrogens is 4.